The molecule has 0 spiro atoms. The highest BCUT2D eigenvalue weighted by atomic mass is 32.1. The Hall–Kier alpha value is -3.46. The Morgan fingerprint density at radius 2 is 2.15 bits per heavy atom. The van der Waals surface area contributed by atoms with Crippen LogP contribution in [0.5, 0.6) is 11.5 Å². The van der Waals surface area contributed by atoms with Crippen molar-refractivity contribution in [2.24, 2.45) is 0 Å². The smallest absolute Gasteiger partial charge is 0.308 e. The van der Waals surface area contributed by atoms with Crippen molar-refractivity contribution >= 4 is 28.3 Å². The lowest BCUT2D eigenvalue weighted by Crippen LogP contribution is -2.23. The summed E-state index contributed by atoms with van der Waals surface area (Å²) in [6.07, 6.45) is 3.23. The van der Waals surface area contributed by atoms with E-state index < -0.39 is 5.97 Å². The van der Waals surface area contributed by atoms with Crippen molar-refractivity contribution in [1.82, 2.24) is 14.6 Å². The van der Waals surface area contributed by atoms with Gasteiger partial charge in [-0.3, -0.25) is 9.59 Å². The van der Waals surface area contributed by atoms with Crippen LogP contribution in [-0.4, -0.2) is 27.7 Å². The second kappa shape index (κ2) is 6.69. The van der Waals surface area contributed by atoms with E-state index in [4.69, 9.17) is 13.9 Å². The predicted molar refractivity (Wildman–Crippen MR) is 97.9 cm³/mol. The molecule has 3 heterocycles. The van der Waals surface area contributed by atoms with E-state index in [1.54, 1.807) is 36.4 Å². The molecule has 3 aromatic heterocycles. The van der Waals surface area contributed by atoms with Gasteiger partial charge in [0.25, 0.3) is 5.56 Å². The van der Waals surface area contributed by atoms with Gasteiger partial charge in [-0.2, -0.15) is 9.50 Å². The molecule has 8 nitrogen and oxygen atoms in total. The van der Waals surface area contributed by atoms with Gasteiger partial charge in [-0.1, -0.05) is 17.4 Å². The van der Waals surface area contributed by atoms with E-state index >= 15 is 0 Å². The summed E-state index contributed by atoms with van der Waals surface area (Å²) < 4.78 is 17.3. The standard InChI is InChI=1S/C18H13N3O5S/c1-10(22)26-12-6-5-11(8-14(12)24-2)9-15-17(23)21-18(27-15)19-16(20-21)13-4-3-7-25-13/h3-9H,1-2H3. The molecular formula is C18H13N3O5S. The molecule has 0 unspecified atom stereocenters. The fourth-order valence-electron chi connectivity index (χ4n) is 2.51. The van der Waals surface area contributed by atoms with E-state index in [9.17, 15) is 9.59 Å². The predicted octanol–water partition coefficient (Wildman–Crippen LogP) is 1.89. The third-order valence-corrected chi connectivity index (χ3v) is 4.62. The minimum Gasteiger partial charge on any atom is -0.493 e. The molecule has 0 saturated heterocycles. The highest BCUT2D eigenvalue weighted by Gasteiger charge is 2.14. The van der Waals surface area contributed by atoms with Crippen LogP contribution in [0.3, 0.4) is 0 Å². The summed E-state index contributed by atoms with van der Waals surface area (Å²) in [7, 11) is 1.48. The monoisotopic (exact) mass is 383 g/mol. The van der Waals surface area contributed by atoms with Crippen LogP contribution in [-0.2, 0) is 4.79 Å². The van der Waals surface area contributed by atoms with Crippen molar-refractivity contribution in [2.45, 2.75) is 6.92 Å². The zero-order chi connectivity index (χ0) is 19.0. The first-order valence-electron chi connectivity index (χ1n) is 7.87. The van der Waals surface area contributed by atoms with E-state index in [1.807, 2.05) is 0 Å². The fraction of sp³-hybridized carbons (Fsp3) is 0.111. The highest BCUT2D eigenvalue weighted by Crippen LogP contribution is 2.28. The van der Waals surface area contributed by atoms with E-state index in [0.29, 0.717) is 32.6 Å². The van der Waals surface area contributed by atoms with Gasteiger partial charge in [0.1, 0.15) is 0 Å². The van der Waals surface area contributed by atoms with Crippen molar-refractivity contribution in [3.63, 3.8) is 0 Å². The van der Waals surface area contributed by atoms with Gasteiger partial charge in [-0.15, -0.1) is 5.10 Å². The number of carbonyl (C=O) groups is 1. The van der Waals surface area contributed by atoms with Crippen LogP contribution in [0.15, 0.2) is 45.8 Å². The molecule has 0 aliphatic rings. The third-order valence-electron chi connectivity index (χ3n) is 3.66. The molecular weight excluding hydrogens is 370 g/mol. The average Bonchev–Trinajstić information content (AvgIpc) is 3.35. The molecule has 0 fully saturated rings. The van der Waals surface area contributed by atoms with Crippen molar-refractivity contribution in [2.75, 3.05) is 7.11 Å². The van der Waals surface area contributed by atoms with E-state index in [-0.39, 0.29) is 5.56 Å². The molecule has 0 atom stereocenters. The maximum absolute atomic E-state index is 12.6. The molecule has 9 heteroatoms. The quantitative estimate of drug-likeness (QED) is 0.392. The van der Waals surface area contributed by atoms with Gasteiger partial charge in [-0.05, 0) is 35.9 Å². The van der Waals surface area contributed by atoms with E-state index in [2.05, 4.69) is 10.1 Å². The molecule has 1 aromatic carbocycles. The molecule has 0 radical (unpaired) electrons. The number of hydrogen-bond donors (Lipinski definition) is 0. The number of benzene rings is 1. The zero-order valence-corrected chi connectivity index (χ0v) is 15.1. The Balaban J connectivity index is 1.74. The molecule has 0 aliphatic carbocycles. The number of fused-ring (bicyclic) bond motifs is 1. The number of methoxy groups -OCH3 is 1. The van der Waals surface area contributed by atoms with Crippen LogP contribution >= 0.6 is 11.3 Å². The number of aromatic nitrogens is 3. The summed E-state index contributed by atoms with van der Waals surface area (Å²) in [5.41, 5.74) is 0.443. The first kappa shape index (κ1) is 17.0. The SMILES string of the molecule is COc1cc(C=c2sc3nc(-c4ccco4)nn3c2=O)ccc1OC(C)=O. The fourth-order valence-corrected chi connectivity index (χ4v) is 3.42. The molecule has 0 bridgehead atoms. The van der Waals surface area contributed by atoms with Crippen LogP contribution in [0.4, 0.5) is 0 Å². The first-order chi connectivity index (χ1) is 13.0. The van der Waals surface area contributed by atoms with Gasteiger partial charge in [-0.25, -0.2) is 0 Å². The van der Waals surface area contributed by atoms with Gasteiger partial charge in [0.15, 0.2) is 17.3 Å². The summed E-state index contributed by atoms with van der Waals surface area (Å²) in [6, 6.07) is 8.48. The second-order valence-corrected chi connectivity index (χ2v) is 6.54. The minimum absolute atomic E-state index is 0.275. The molecule has 0 aliphatic heterocycles. The number of esters is 1. The Morgan fingerprint density at radius 3 is 2.81 bits per heavy atom. The number of nitrogens with zero attached hydrogens (tertiary/aromatic N) is 3. The number of thiazole rings is 1. The summed E-state index contributed by atoms with van der Waals surface area (Å²) in [5.74, 6) is 1.13. The van der Waals surface area contributed by atoms with Crippen molar-refractivity contribution < 1.29 is 18.7 Å². The van der Waals surface area contributed by atoms with E-state index in [0.717, 1.165) is 5.56 Å². The first-order valence-corrected chi connectivity index (χ1v) is 8.68. The molecule has 27 heavy (non-hydrogen) atoms. The topological polar surface area (TPSA) is 95.9 Å². The highest BCUT2D eigenvalue weighted by molar-refractivity contribution is 7.15. The van der Waals surface area contributed by atoms with Gasteiger partial charge in [0.2, 0.25) is 10.8 Å². The largest absolute Gasteiger partial charge is 0.493 e. The maximum Gasteiger partial charge on any atom is 0.308 e. The van der Waals surface area contributed by atoms with Crippen LogP contribution < -0.4 is 19.6 Å². The van der Waals surface area contributed by atoms with Gasteiger partial charge >= 0.3 is 5.97 Å². The van der Waals surface area contributed by atoms with Crippen molar-refractivity contribution in [1.29, 1.82) is 0 Å². The van der Waals surface area contributed by atoms with Gasteiger partial charge < -0.3 is 13.9 Å². The van der Waals surface area contributed by atoms with Crippen molar-refractivity contribution in [3.8, 4) is 23.1 Å². The summed E-state index contributed by atoms with van der Waals surface area (Å²) in [4.78, 5) is 28.5. The Kier molecular flexibility index (Phi) is 4.21. The van der Waals surface area contributed by atoms with Gasteiger partial charge in [0.05, 0.1) is 17.9 Å². The molecule has 4 rings (SSSR count). The number of furan rings is 1. The van der Waals surface area contributed by atoms with Crippen molar-refractivity contribution in [3.05, 3.63) is 57.0 Å². The van der Waals surface area contributed by atoms with Crippen LogP contribution in [0.2, 0.25) is 0 Å². The molecule has 0 N–H and O–H groups in total. The Labute approximate surface area is 156 Å². The van der Waals surface area contributed by atoms with Gasteiger partial charge in [0, 0.05) is 6.92 Å². The normalized spacial score (nSPS) is 11.9. The van der Waals surface area contributed by atoms with Crippen LogP contribution in [0, 0.1) is 0 Å². The molecule has 0 saturated carbocycles. The zero-order valence-electron chi connectivity index (χ0n) is 14.3. The number of carbonyl (C=O) groups excluding carboxylic acids is 1. The lowest BCUT2D eigenvalue weighted by atomic mass is 10.2. The maximum atomic E-state index is 12.6. The third kappa shape index (κ3) is 3.20. The second-order valence-electron chi connectivity index (χ2n) is 5.53. The average molecular weight is 383 g/mol. The molecule has 136 valence electrons. The lowest BCUT2D eigenvalue weighted by Gasteiger charge is -2.08. The number of hydrogen-bond acceptors (Lipinski definition) is 8. The Morgan fingerprint density at radius 1 is 1.30 bits per heavy atom. The molecule has 4 aromatic rings. The number of rotatable bonds is 4. The lowest BCUT2D eigenvalue weighted by molar-refractivity contribution is -0.132. The van der Waals surface area contributed by atoms with Crippen LogP contribution in [0.25, 0.3) is 22.6 Å². The summed E-state index contributed by atoms with van der Waals surface area (Å²) in [5, 5.41) is 4.21. The van der Waals surface area contributed by atoms with Crippen LogP contribution in [0.1, 0.15) is 12.5 Å². The minimum atomic E-state index is -0.440. The summed E-state index contributed by atoms with van der Waals surface area (Å²) >= 11 is 1.22. The number of ether oxygens (including phenoxy) is 2. The summed E-state index contributed by atoms with van der Waals surface area (Å²) in [6.45, 7) is 1.31. The Bertz CT molecular complexity index is 1240. The molecule has 0 amide bonds. The van der Waals surface area contributed by atoms with E-state index in [1.165, 1.54) is 36.1 Å².